The summed E-state index contributed by atoms with van der Waals surface area (Å²) in [7, 11) is 0. The van der Waals surface area contributed by atoms with Gasteiger partial charge in [-0.15, -0.1) is 0 Å². The van der Waals surface area contributed by atoms with Gasteiger partial charge in [0.15, 0.2) is 6.29 Å². The highest BCUT2D eigenvalue weighted by atomic mass is 16.7. The fraction of sp³-hybridized carbons (Fsp3) is 0.944. The van der Waals surface area contributed by atoms with Crippen molar-refractivity contribution in [2.45, 2.75) is 148 Å². The lowest BCUT2D eigenvalue weighted by atomic mass is 9.32. The molecule has 0 radical (unpaired) electrons. The fourth-order valence-electron chi connectivity index (χ4n) is 12.8. The first-order valence-corrected chi connectivity index (χ1v) is 17.4. The average Bonchev–Trinajstić information content (AvgIpc) is 3.24. The molecule has 1 spiro atoms. The highest BCUT2D eigenvalue weighted by Crippen LogP contribution is 2.79. The van der Waals surface area contributed by atoms with Crippen LogP contribution in [0, 0.1) is 50.2 Å². The molecule has 5 N–H and O–H groups in total. The lowest BCUT2D eigenvalue weighted by Crippen LogP contribution is -2.72. The Morgan fingerprint density at radius 1 is 0.841 bits per heavy atom. The summed E-state index contributed by atoms with van der Waals surface area (Å²) in [5, 5.41) is 54.4. The van der Waals surface area contributed by atoms with Gasteiger partial charge in [-0.3, -0.25) is 0 Å². The van der Waals surface area contributed by atoms with Crippen molar-refractivity contribution in [2.24, 2.45) is 50.2 Å². The molecule has 0 unspecified atom stereocenters. The average molecular weight is 619 g/mol. The van der Waals surface area contributed by atoms with Gasteiger partial charge in [0.1, 0.15) is 18.3 Å². The van der Waals surface area contributed by atoms with Crippen LogP contribution in [0.1, 0.15) is 99.8 Å². The predicted octanol–water partition coefficient (Wildman–Crippen LogP) is 3.95. The van der Waals surface area contributed by atoms with Crippen LogP contribution in [0.15, 0.2) is 12.2 Å². The topological polar surface area (TPSA) is 129 Å². The van der Waals surface area contributed by atoms with Gasteiger partial charge in [-0.1, -0.05) is 53.7 Å². The Labute approximate surface area is 263 Å². The molecular formula is C36H58O8. The van der Waals surface area contributed by atoms with Crippen LogP contribution < -0.4 is 0 Å². The molecule has 0 aromatic heterocycles. The Bertz CT molecular complexity index is 1190. The van der Waals surface area contributed by atoms with Crippen LogP contribution >= 0.6 is 0 Å². The third kappa shape index (κ3) is 3.75. The molecule has 44 heavy (non-hydrogen) atoms. The predicted molar refractivity (Wildman–Crippen MR) is 164 cm³/mol. The molecule has 7 aliphatic rings. The first-order valence-electron chi connectivity index (χ1n) is 17.4. The van der Waals surface area contributed by atoms with Gasteiger partial charge in [0.05, 0.1) is 37.1 Å². The van der Waals surface area contributed by atoms with Gasteiger partial charge in [0.2, 0.25) is 0 Å². The second-order valence-electron chi connectivity index (χ2n) is 18.1. The number of hydrogen-bond acceptors (Lipinski definition) is 8. The van der Waals surface area contributed by atoms with Crippen molar-refractivity contribution in [1.29, 1.82) is 0 Å². The second kappa shape index (κ2) is 9.74. The molecular weight excluding hydrogens is 560 g/mol. The minimum Gasteiger partial charge on any atom is -0.396 e. The summed E-state index contributed by atoms with van der Waals surface area (Å²) in [6.07, 6.45) is 5.98. The van der Waals surface area contributed by atoms with Crippen molar-refractivity contribution in [3.05, 3.63) is 12.2 Å². The molecule has 4 saturated carbocycles. The summed E-state index contributed by atoms with van der Waals surface area (Å²) in [5.41, 5.74) is -1.36. The van der Waals surface area contributed by atoms with Crippen LogP contribution in [0.2, 0.25) is 0 Å². The molecule has 0 amide bonds. The number of fused-ring (bicyclic) bond motifs is 4. The number of aliphatic hydroxyl groups is 5. The van der Waals surface area contributed by atoms with E-state index in [0.29, 0.717) is 18.9 Å². The van der Waals surface area contributed by atoms with Gasteiger partial charge in [-0.2, -0.15) is 0 Å². The van der Waals surface area contributed by atoms with Crippen molar-refractivity contribution in [3.63, 3.8) is 0 Å². The number of rotatable bonds is 3. The van der Waals surface area contributed by atoms with Crippen LogP contribution in [-0.4, -0.2) is 87.3 Å². The van der Waals surface area contributed by atoms with E-state index >= 15 is 0 Å². The van der Waals surface area contributed by atoms with Crippen molar-refractivity contribution in [1.82, 2.24) is 0 Å². The monoisotopic (exact) mass is 618 g/mol. The third-order valence-electron chi connectivity index (χ3n) is 15.8. The van der Waals surface area contributed by atoms with Gasteiger partial charge in [0, 0.05) is 22.2 Å². The van der Waals surface area contributed by atoms with Gasteiger partial charge < -0.3 is 39.7 Å². The minimum absolute atomic E-state index is 0.0582. The van der Waals surface area contributed by atoms with E-state index in [-0.39, 0.29) is 63.3 Å². The molecule has 2 aliphatic heterocycles. The van der Waals surface area contributed by atoms with E-state index in [1.54, 1.807) is 6.92 Å². The van der Waals surface area contributed by atoms with Crippen LogP contribution in [0.5, 0.6) is 0 Å². The summed E-state index contributed by atoms with van der Waals surface area (Å²) in [5.74, 6) is 0.695. The van der Waals surface area contributed by atoms with Crippen LogP contribution in [0.25, 0.3) is 0 Å². The van der Waals surface area contributed by atoms with E-state index in [1.807, 2.05) is 0 Å². The van der Waals surface area contributed by atoms with Crippen molar-refractivity contribution in [2.75, 3.05) is 13.2 Å². The van der Waals surface area contributed by atoms with E-state index in [2.05, 4.69) is 53.7 Å². The van der Waals surface area contributed by atoms with Crippen molar-refractivity contribution >= 4 is 0 Å². The third-order valence-corrected chi connectivity index (χ3v) is 15.8. The highest BCUT2D eigenvalue weighted by molar-refractivity contribution is 5.36. The molecule has 7 rings (SSSR count). The van der Waals surface area contributed by atoms with Gasteiger partial charge in [0.25, 0.3) is 0 Å². The lowest BCUT2D eigenvalue weighted by molar-refractivity contribution is -0.329. The van der Waals surface area contributed by atoms with Gasteiger partial charge >= 0.3 is 0 Å². The maximum absolute atomic E-state index is 12.0. The molecule has 8 heteroatoms. The Morgan fingerprint density at radius 3 is 2.27 bits per heavy atom. The normalized spacial score (nSPS) is 61.0. The van der Waals surface area contributed by atoms with Crippen molar-refractivity contribution in [3.8, 4) is 0 Å². The van der Waals surface area contributed by atoms with E-state index < -0.39 is 36.1 Å². The summed E-state index contributed by atoms with van der Waals surface area (Å²) < 4.78 is 19.4. The molecule has 2 bridgehead atoms. The number of ether oxygens (including phenoxy) is 3. The number of hydrogen-bond donors (Lipinski definition) is 5. The Kier molecular flexibility index (Phi) is 7.08. The number of allylic oxidation sites excluding steroid dienone is 1. The maximum Gasteiger partial charge on any atom is 0.186 e. The molecule has 16 atom stereocenters. The first kappa shape index (κ1) is 32.0. The van der Waals surface area contributed by atoms with Gasteiger partial charge in [-0.05, 0) is 86.4 Å². The Morgan fingerprint density at radius 2 is 1.57 bits per heavy atom. The molecule has 6 fully saturated rings. The smallest absolute Gasteiger partial charge is 0.186 e. The first-order chi connectivity index (χ1) is 20.4. The van der Waals surface area contributed by atoms with E-state index in [4.69, 9.17) is 14.2 Å². The summed E-state index contributed by atoms with van der Waals surface area (Å²) in [6.45, 7) is 16.4. The minimum atomic E-state index is -1.37. The zero-order valence-electron chi connectivity index (χ0n) is 28.0. The van der Waals surface area contributed by atoms with E-state index in [1.165, 1.54) is 0 Å². The molecule has 2 saturated heterocycles. The number of aliphatic hydroxyl groups excluding tert-OH is 5. The molecule has 0 aromatic rings. The summed E-state index contributed by atoms with van der Waals surface area (Å²) in [6, 6.07) is 0. The molecule has 5 aliphatic carbocycles. The molecule has 0 aromatic carbocycles. The lowest BCUT2D eigenvalue weighted by Gasteiger charge is -2.73. The zero-order valence-corrected chi connectivity index (χ0v) is 28.0. The van der Waals surface area contributed by atoms with Crippen molar-refractivity contribution < 1.29 is 39.7 Å². The van der Waals surface area contributed by atoms with E-state index in [9.17, 15) is 25.5 Å². The fourth-order valence-corrected chi connectivity index (χ4v) is 12.8. The van der Waals surface area contributed by atoms with Crippen LogP contribution in [0.3, 0.4) is 0 Å². The summed E-state index contributed by atoms with van der Waals surface area (Å²) in [4.78, 5) is 0. The van der Waals surface area contributed by atoms with Crippen LogP contribution in [0.4, 0.5) is 0 Å². The van der Waals surface area contributed by atoms with E-state index in [0.717, 1.165) is 44.9 Å². The van der Waals surface area contributed by atoms with Gasteiger partial charge in [-0.25, -0.2) is 0 Å². The molecule has 2 heterocycles. The highest BCUT2D eigenvalue weighted by Gasteiger charge is 2.79. The molecule has 250 valence electrons. The SMILES string of the molecule is C[C@H]1O[C@@H](O[C@H]2CC[C@@]3(C)[C@@H](CC[C@]4(C)[C@@H]3C=C[C@]35OC[C@@]6(CCC(C)(C)C[C@@H]63)[C@H](O)C[C@]54C)[C@]2(C)CO)[C@H](O)[C@@H](O)[C@H]1O. The standard InChI is InChI=1S/C36H58O8/c1-20-26(39)27(40)28(41)29(43-20)44-25-10-11-31(4)21(32(25,5)18-37)8-12-33(6)22(31)9-13-36-23-16-30(2,3)14-15-35(23,19-42-36)24(38)17-34(33,36)7/h9,13,20-29,37-41H,8,10-12,14-19H2,1-7H3/t20-,21-,22-,23+,24-,25+,26+,27+,28-,29+,31+,32+,33-,34+,35-,36+/m1/s1. The maximum atomic E-state index is 12.0. The van der Waals surface area contributed by atoms with Crippen LogP contribution in [-0.2, 0) is 14.2 Å². The zero-order chi connectivity index (χ0) is 31.9. The largest absolute Gasteiger partial charge is 0.396 e. The second-order valence-corrected chi connectivity index (χ2v) is 18.1. The molecule has 8 nitrogen and oxygen atoms in total. The Balaban J connectivity index is 1.23. The Hall–Kier alpha value is -0.580. The summed E-state index contributed by atoms with van der Waals surface area (Å²) >= 11 is 0. The quantitative estimate of drug-likeness (QED) is 0.238.